The van der Waals surface area contributed by atoms with Crippen molar-refractivity contribution in [3.63, 3.8) is 0 Å². The molecule has 1 aromatic carbocycles. The summed E-state index contributed by atoms with van der Waals surface area (Å²) in [7, 11) is -4.63. The van der Waals surface area contributed by atoms with Gasteiger partial charge in [0.1, 0.15) is 0 Å². The minimum atomic E-state index is -4.63. The highest BCUT2D eigenvalue weighted by Gasteiger charge is 2.30. The van der Waals surface area contributed by atoms with E-state index in [0.29, 0.717) is 19.5 Å². The van der Waals surface area contributed by atoms with Crippen molar-refractivity contribution >= 4 is 15.5 Å². The number of para-hydroxylation sites is 1. The summed E-state index contributed by atoms with van der Waals surface area (Å²) < 4.78 is 48.5. The molecule has 4 nitrogen and oxygen atoms in total. The molecule has 0 unspecified atom stereocenters. The molecule has 0 atom stereocenters. The largest absolute Gasteiger partial charge is 0.396 e. The Balaban J connectivity index is 3.21. The van der Waals surface area contributed by atoms with Gasteiger partial charge in [0.15, 0.2) is 0 Å². The molecule has 19 heavy (non-hydrogen) atoms. The van der Waals surface area contributed by atoms with Gasteiger partial charge in [0, 0.05) is 19.7 Å². The molecule has 1 aromatic rings. The van der Waals surface area contributed by atoms with Crippen molar-refractivity contribution in [1.82, 2.24) is 0 Å². The molecule has 0 bridgehead atoms. The molecule has 0 aliphatic rings. The van der Waals surface area contributed by atoms with Gasteiger partial charge in [-0.15, -0.1) is 0 Å². The lowest BCUT2D eigenvalue weighted by Gasteiger charge is -2.25. The maximum Gasteiger partial charge on any atom is 0.341 e. The van der Waals surface area contributed by atoms with Crippen molar-refractivity contribution in [3.05, 3.63) is 24.3 Å². The first-order valence-electron chi connectivity index (χ1n) is 5.92. The van der Waals surface area contributed by atoms with Crippen LogP contribution in [0.2, 0.25) is 0 Å². The summed E-state index contributed by atoms with van der Waals surface area (Å²) in [6.45, 7) is 2.63. The molecule has 0 aliphatic carbocycles. The zero-order valence-corrected chi connectivity index (χ0v) is 11.4. The average Bonchev–Trinajstić information content (AvgIpc) is 2.40. The number of benzene rings is 1. The Kier molecular flexibility index (Phi) is 5.68. The van der Waals surface area contributed by atoms with E-state index in [-0.39, 0.29) is 17.2 Å². The first kappa shape index (κ1) is 15.8. The Morgan fingerprint density at radius 1 is 1.32 bits per heavy atom. The number of hydrogen-bond acceptors (Lipinski definition) is 4. The van der Waals surface area contributed by atoms with Gasteiger partial charge in [-0.3, -0.25) is 0 Å². The lowest BCUT2D eigenvalue weighted by molar-refractivity contribution is 0.234. The topological polar surface area (TPSA) is 57.6 Å². The van der Waals surface area contributed by atoms with Crippen LogP contribution in [0.25, 0.3) is 0 Å². The predicted octanol–water partition coefficient (Wildman–Crippen LogP) is 1.89. The van der Waals surface area contributed by atoms with Crippen molar-refractivity contribution < 1.29 is 22.3 Å². The van der Waals surface area contributed by atoms with Crippen LogP contribution < -0.4 is 4.90 Å². The molecule has 0 radical (unpaired) electrons. The summed E-state index contributed by atoms with van der Waals surface area (Å²) in [5.74, 6) is -3.44. The van der Waals surface area contributed by atoms with Gasteiger partial charge < -0.3 is 10.0 Å². The molecule has 0 saturated carbocycles. The quantitative estimate of drug-likeness (QED) is 0.834. The van der Waals surface area contributed by atoms with Crippen LogP contribution in [-0.2, 0) is 9.84 Å². The summed E-state index contributed by atoms with van der Waals surface area (Å²) in [4.78, 5) is 1.29. The summed E-state index contributed by atoms with van der Waals surface area (Å²) in [6, 6.07) is 5.69. The molecule has 1 rings (SSSR count). The number of anilines is 1. The van der Waals surface area contributed by atoms with Crippen LogP contribution in [0, 0.1) is 0 Å². The van der Waals surface area contributed by atoms with Crippen LogP contribution in [0.5, 0.6) is 0 Å². The highest BCUT2D eigenvalue weighted by molar-refractivity contribution is 7.91. The molecule has 0 amide bonds. The summed E-state index contributed by atoms with van der Waals surface area (Å²) in [5, 5.41) is 8.81. The average molecular weight is 293 g/mol. The van der Waals surface area contributed by atoms with E-state index in [9.17, 15) is 17.2 Å². The van der Waals surface area contributed by atoms with Gasteiger partial charge in [0.25, 0.3) is 0 Å². The van der Waals surface area contributed by atoms with E-state index >= 15 is 0 Å². The van der Waals surface area contributed by atoms with Crippen molar-refractivity contribution in [2.75, 3.05) is 24.6 Å². The third kappa shape index (κ3) is 3.63. The SMILES string of the molecule is CCN(CCCO)c1ccccc1S(=O)(=O)C(F)F. The van der Waals surface area contributed by atoms with Gasteiger partial charge in [-0.2, -0.15) is 8.78 Å². The molecule has 0 saturated heterocycles. The number of hydrogen-bond donors (Lipinski definition) is 1. The molecule has 1 N–H and O–H groups in total. The second-order valence-corrected chi connectivity index (χ2v) is 5.82. The fourth-order valence-corrected chi connectivity index (χ4v) is 2.71. The third-order valence-corrected chi connectivity index (χ3v) is 4.14. The Morgan fingerprint density at radius 2 is 1.95 bits per heavy atom. The normalized spacial score (nSPS) is 11.8. The van der Waals surface area contributed by atoms with Gasteiger partial charge in [-0.05, 0) is 25.5 Å². The van der Waals surface area contributed by atoms with Crippen molar-refractivity contribution in [2.45, 2.75) is 24.0 Å². The molecule has 7 heteroatoms. The molecule has 108 valence electrons. The molecule has 0 aliphatic heterocycles. The van der Waals surface area contributed by atoms with Gasteiger partial charge in [0.2, 0.25) is 9.84 Å². The van der Waals surface area contributed by atoms with E-state index in [2.05, 4.69) is 0 Å². The standard InChI is InChI=1S/C12H17F2NO3S/c1-2-15(8-5-9-16)10-6-3-4-7-11(10)19(17,18)12(13)14/h3-4,6-7,12,16H,2,5,8-9H2,1H3. The van der Waals surface area contributed by atoms with Crippen molar-refractivity contribution in [3.8, 4) is 0 Å². The number of aliphatic hydroxyl groups is 1. The number of nitrogens with zero attached hydrogens (tertiary/aromatic N) is 1. The smallest absolute Gasteiger partial charge is 0.341 e. The monoisotopic (exact) mass is 293 g/mol. The molecule has 0 heterocycles. The minimum absolute atomic E-state index is 0.0414. The number of sulfone groups is 1. The molecule has 0 spiro atoms. The van der Waals surface area contributed by atoms with Crippen LogP contribution >= 0.6 is 0 Å². The van der Waals surface area contributed by atoms with E-state index in [1.54, 1.807) is 17.9 Å². The highest BCUT2D eigenvalue weighted by atomic mass is 32.2. The first-order valence-corrected chi connectivity index (χ1v) is 7.46. The van der Waals surface area contributed by atoms with E-state index in [0.717, 1.165) is 0 Å². The van der Waals surface area contributed by atoms with Crippen LogP contribution in [0.1, 0.15) is 13.3 Å². The number of alkyl halides is 2. The van der Waals surface area contributed by atoms with Gasteiger partial charge in [-0.1, -0.05) is 12.1 Å². The highest BCUT2D eigenvalue weighted by Crippen LogP contribution is 2.29. The molecular weight excluding hydrogens is 276 g/mol. The van der Waals surface area contributed by atoms with E-state index < -0.39 is 15.6 Å². The number of rotatable bonds is 7. The van der Waals surface area contributed by atoms with Crippen LogP contribution in [0.15, 0.2) is 29.2 Å². The fraction of sp³-hybridized carbons (Fsp3) is 0.500. The third-order valence-electron chi connectivity index (χ3n) is 2.71. The summed E-state index contributed by atoms with van der Waals surface area (Å²) in [6.07, 6.45) is 0.441. The zero-order chi connectivity index (χ0) is 14.5. The predicted molar refractivity (Wildman–Crippen MR) is 69.2 cm³/mol. The van der Waals surface area contributed by atoms with Crippen LogP contribution in [-0.4, -0.2) is 39.0 Å². The lowest BCUT2D eigenvalue weighted by Crippen LogP contribution is -2.27. The van der Waals surface area contributed by atoms with Crippen molar-refractivity contribution in [1.29, 1.82) is 0 Å². The number of aliphatic hydroxyl groups excluding tert-OH is 1. The first-order chi connectivity index (χ1) is 8.95. The molecule has 0 aromatic heterocycles. The van der Waals surface area contributed by atoms with Gasteiger partial charge >= 0.3 is 5.76 Å². The van der Waals surface area contributed by atoms with E-state index in [1.165, 1.54) is 18.2 Å². The van der Waals surface area contributed by atoms with Crippen LogP contribution in [0.3, 0.4) is 0 Å². The Hall–Kier alpha value is -1.21. The maximum atomic E-state index is 12.7. The molecule has 0 fully saturated rings. The van der Waals surface area contributed by atoms with Crippen LogP contribution in [0.4, 0.5) is 14.5 Å². The summed E-state index contributed by atoms with van der Waals surface area (Å²) >= 11 is 0. The van der Waals surface area contributed by atoms with Gasteiger partial charge in [-0.25, -0.2) is 8.42 Å². The fourth-order valence-electron chi connectivity index (χ4n) is 1.77. The van der Waals surface area contributed by atoms with E-state index in [4.69, 9.17) is 5.11 Å². The lowest BCUT2D eigenvalue weighted by atomic mass is 10.2. The second-order valence-electron chi connectivity index (χ2n) is 3.93. The maximum absolute atomic E-state index is 12.7. The second kappa shape index (κ2) is 6.81. The van der Waals surface area contributed by atoms with Crippen molar-refractivity contribution in [2.24, 2.45) is 0 Å². The number of halogens is 2. The van der Waals surface area contributed by atoms with E-state index in [1.807, 2.05) is 0 Å². The summed E-state index contributed by atoms with van der Waals surface area (Å²) in [5.41, 5.74) is 0.249. The Morgan fingerprint density at radius 3 is 2.47 bits per heavy atom. The van der Waals surface area contributed by atoms with Gasteiger partial charge in [0.05, 0.1) is 10.6 Å². The Bertz CT molecular complexity index is 505. The zero-order valence-electron chi connectivity index (χ0n) is 10.6. The minimum Gasteiger partial charge on any atom is -0.396 e. The Labute approximate surface area is 111 Å². The molecular formula is C12H17F2NO3S.